The van der Waals surface area contributed by atoms with Crippen molar-refractivity contribution >= 4 is 28.0 Å². The highest BCUT2D eigenvalue weighted by Gasteiger charge is 2.48. The average molecular weight is 355 g/mol. The van der Waals surface area contributed by atoms with E-state index < -0.39 is 0 Å². The highest BCUT2D eigenvalue weighted by atomic mass is 16.2. The molecule has 1 aromatic heterocycles. The van der Waals surface area contributed by atoms with Crippen molar-refractivity contribution in [2.75, 3.05) is 20.1 Å². The summed E-state index contributed by atoms with van der Waals surface area (Å²) in [7, 11) is 1.93. The van der Waals surface area contributed by atoms with Crippen LogP contribution in [-0.2, 0) is 4.79 Å². The molecular formula is C23H21N3O. The number of H-pyrrole nitrogens is 1. The normalized spacial score (nSPS) is 24.5. The van der Waals surface area contributed by atoms with Gasteiger partial charge in [0.25, 0.3) is 0 Å². The molecule has 0 saturated carbocycles. The number of likely N-dealkylation sites (N-methyl/N-ethyl adjacent to an activating group) is 1. The van der Waals surface area contributed by atoms with Gasteiger partial charge in [0.2, 0.25) is 5.91 Å². The second-order valence-electron chi connectivity index (χ2n) is 7.84. The molecule has 0 unspecified atom stereocenters. The maximum Gasteiger partial charge on any atom is 0.240 e. The molecule has 3 aromatic rings. The molecule has 1 amide bonds. The number of nitrogens with one attached hydrogen (secondary N) is 1. The van der Waals surface area contributed by atoms with Crippen LogP contribution in [0.25, 0.3) is 22.0 Å². The monoisotopic (exact) mass is 355 g/mol. The molecule has 1 aliphatic carbocycles. The van der Waals surface area contributed by atoms with Crippen molar-refractivity contribution in [2.24, 2.45) is 0 Å². The predicted molar refractivity (Wildman–Crippen MR) is 107 cm³/mol. The van der Waals surface area contributed by atoms with Crippen molar-refractivity contribution in [3.8, 4) is 0 Å². The molecule has 3 heterocycles. The summed E-state index contributed by atoms with van der Waals surface area (Å²) in [5.41, 5.74) is 7.83. The summed E-state index contributed by atoms with van der Waals surface area (Å²) in [6.07, 6.45) is 0.816. The summed E-state index contributed by atoms with van der Waals surface area (Å²) >= 11 is 0. The minimum Gasteiger partial charge on any atom is -0.354 e. The summed E-state index contributed by atoms with van der Waals surface area (Å²) < 4.78 is 0. The molecule has 2 atom stereocenters. The SMILES string of the molecule is CN1CCN2[C@@H](CC3=C(c4[nH]c5ccccc5c43)[C@H]2c2ccccc2)C1=O. The van der Waals surface area contributed by atoms with E-state index in [1.807, 2.05) is 11.9 Å². The maximum atomic E-state index is 13.0. The number of aromatic nitrogens is 1. The topological polar surface area (TPSA) is 39.3 Å². The summed E-state index contributed by atoms with van der Waals surface area (Å²) in [6.45, 7) is 1.71. The minimum atomic E-state index is -0.0606. The van der Waals surface area contributed by atoms with E-state index in [4.69, 9.17) is 0 Å². The predicted octanol–water partition coefficient (Wildman–Crippen LogP) is 3.68. The molecule has 0 bridgehead atoms. The number of carbonyl (C=O) groups excluding carboxylic acids is 1. The Morgan fingerprint density at radius 1 is 1.00 bits per heavy atom. The summed E-state index contributed by atoms with van der Waals surface area (Å²) in [4.78, 5) is 20.9. The zero-order valence-corrected chi connectivity index (χ0v) is 15.3. The number of piperazine rings is 1. The third-order valence-electron chi connectivity index (χ3n) is 6.48. The van der Waals surface area contributed by atoms with Crippen LogP contribution < -0.4 is 0 Å². The van der Waals surface area contributed by atoms with Gasteiger partial charge in [-0.15, -0.1) is 0 Å². The van der Waals surface area contributed by atoms with Crippen molar-refractivity contribution in [1.29, 1.82) is 0 Å². The maximum absolute atomic E-state index is 13.0. The van der Waals surface area contributed by atoms with Gasteiger partial charge in [0.15, 0.2) is 0 Å². The molecule has 134 valence electrons. The van der Waals surface area contributed by atoms with Gasteiger partial charge >= 0.3 is 0 Å². The van der Waals surface area contributed by atoms with Gasteiger partial charge in [-0.2, -0.15) is 0 Å². The molecule has 1 N–H and O–H groups in total. The van der Waals surface area contributed by atoms with Gasteiger partial charge in [-0.3, -0.25) is 9.69 Å². The van der Waals surface area contributed by atoms with Crippen LogP contribution in [0, 0.1) is 0 Å². The summed E-state index contributed by atoms with van der Waals surface area (Å²) in [6, 6.07) is 19.2. The van der Waals surface area contributed by atoms with Crippen molar-refractivity contribution in [3.63, 3.8) is 0 Å². The van der Waals surface area contributed by atoms with Gasteiger partial charge < -0.3 is 9.88 Å². The molecule has 4 heteroatoms. The largest absolute Gasteiger partial charge is 0.354 e. The second kappa shape index (κ2) is 5.33. The lowest BCUT2D eigenvalue weighted by Crippen LogP contribution is -2.58. The highest BCUT2D eigenvalue weighted by molar-refractivity contribution is 6.15. The Morgan fingerprint density at radius 2 is 1.78 bits per heavy atom. The van der Waals surface area contributed by atoms with E-state index in [1.165, 1.54) is 38.9 Å². The zero-order chi connectivity index (χ0) is 18.1. The number of aromatic amines is 1. The number of amides is 1. The average Bonchev–Trinajstić information content (AvgIpc) is 3.03. The lowest BCUT2D eigenvalue weighted by Gasteiger charge is -2.50. The quantitative estimate of drug-likeness (QED) is 0.723. The van der Waals surface area contributed by atoms with E-state index in [9.17, 15) is 4.79 Å². The first-order valence-corrected chi connectivity index (χ1v) is 9.64. The van der Waals surface area contributed by atoms with Gasteiger partial charge in [-0.25, -0.2) is 0 Å². The van der Waals surface area contributed by atoms with E-state index in [0.717, 1.165) is 19.5 Å². The van der Waals surface area contributed by atoms with E-state index >= 15 is 0 Å². The van der Waals surface area contributed by atoms with Gasteiger partial charge in [-0.1, -0.05) is 48.5 Å². The molecule has 4 nitrogen and oxygen atoms in total. The summed E-state index contributed by atoms with van der Waals surface area (Å²) in [5.74, 6) is 0.252. The Labute approximate surface area is 158 Å². The molecule has 2 aliphatic heterocycles. The third-order valence-corrected chi connectivity index (χ3v) is 6.48. The Morgan fingerprint density at radius 3 is 2.63 bits per heavy atom. The van der Waals surface area contributed by atoms with Gasteiger partial charge in [0.05, 0.1) is 17.8 Å². The Hall–Kier alpha value is -2.85. The van der Waals surface area contributed by atoms with Crippen LogP contribution in [0.15, 0.2) is 54.6 Å². The van der Waals surface area contributed by atoms with Crippen molar-refractivity contribution in [3.05, 3.63) is 71.4 Å². The fourth-order valence-electron chi connectivity index (χ4n) is 5.19. The highest BCUT2D eigenvalue weighted by Crippen LogP contribution is 2.57. The number of para-hydroxylation sites is 1. The molecule has 27 heavy (non-hydrogen) atoms. The summed E-state index contributed by atoms with van der Waals surface area (Å²) in [5, 5.41) is 1.28. The molecule has 1 saturated heterocycles. The number of benzene rings is 2. The Kier molecular flexibility index (Phi) is 3.01. The molecule has 3 aliphatic rings. The Balaban J connectivity index is 1.56. The van der Waals surface area contributed by atoms with Crippen LogP contribution in [0.5, 0.6) is 0 Å². The van der Waals surface area contributed by atoms with Crippen LogP contribution in [0.2, 0.25) is 0 Å². The van der Waals surface area contributed by atoms with Crippen LogP contribution in [-0.4, -0.2) is 46.9 Å². The van der Waals surface area contributed by atoms with Crippen LogP contribution in [0.1, 0.15) is 29.3 Å². The number of hydrogen-bond acceptors (Lipinski definition) is 2. The van der Waals surface area contributed by atoms with Gasteiger partial charge in [0.1, 0.15) is 0 Å². The smallest absolute Gasteiger partial charge is 0.240 e. The van der Waals surface area contributed by atoms with E-state index in [-0.39, 0.29) is 18.0 Å². The number of fused-ring (bicyclic) bond motifs is 6. The zero-order valence-electron chi connectivity index (χ0n) is 15.3. The molecule has 1 fully saturated rings. The minimum absolute atomic E-state index is 0.0606. The lowest BCUT2D eigenvalue weighted by molar-refractivity contribution is -0.141. The third kappa shape index (κ3) is 1.94. The molecule has 2 aromatic carbocycles. The standard InChI is InChI=1S/C23H21N3O/c1-25-11-12-26-18(23(25)27)13-16-19-15-9-5-6-10-17(15)24-21(19)20(16)22(26)14-7-3-2-4-8-14/h2-10,18,22,24H,11-13H2,1H3/t18-,22+/m0/s1. The van der Waals surface area contributed by atoms with Gasteiger partial charge in [0, 0.05) is 42.2 Å². The van der Waals surface area contributed by atoms with E-state index in [1.54, 1.807) is 0 Å². The first kappa shape index (κ1) is 15.2. The number of nitrogens with zero attached hydrogens (tertiary/aromatic N) is 2. The lowest BCUT2D eigenvalue weighted by atomic mass is 9.71. The van der Waals surface area contributed by atoms with Crippen LogP contribution >= 0.6 is 0 Å². The molecule has 0 radical (unpaired) electrons. The molecular weight excluding hydrogens is 334 g/mol. The first-order valence-electron chi connectivity index (χ1n) is 9.64. The van der Waals surface area contributed by atoms with Crippen LogP contribution in [0.4, 0.5) is 0 Å². The van der Waals surface area contributed by atoms with E-state index in [2.05, 4.69) is 64.5 Å². The van der Waals surface area contributed by atoms with Gasteiger partial charge in [-0.05, 0) is 23.6 Å². The molecule has 6 rings (SSSR count). The second-order valence-corrected chi connectivity index (χ2v) is 7.84. The fraction of sp³-hybridized carbons (Fsp3) is 0.261. The number of carbonyl (C=O) groups is 1. The number of rotatable bonds is 1. The first-order chi connectivity index (χ1) is 13.2. The number of hydrogen-bond donors (Lipinski definition) is 1. The van der Waals surface area contributed by atoms with Crippen LogP contribution in [0.3, 0.4) is 0 Å². The van der Waals surface area contributed by atoms with Crippen molar-refractivity contribution in [2.45, 2.75) is 18.5 Å². The fourth-order valence-corrected chi connectivity index (χ4v) is 5.19. The van der Waals surface area contributed by atoms with E-state index in [0.29, 0.717) is 0 Å². The van der Waals surface area contributed by atoms with Crippen molar-refractivity contribution < 1.29 is 4.79 Å². The Bertz CT molecular complexity index is 1110. The molecule has 0 spiro atoms. The van der Waals surface area contributed by atoms with Crippen molar-refractivity contribution in [1.82, 2.24) is 14.8 Å².